The van der Waals surface area contributed by atoms with Gasteiger partial charge in [0.15, 0.2) is 0 Å². The Bertz CT molecular complexity index is 188. The molecule has 92 valence electrons. The zero-order valence-electron chi connectivity index (χ0n) is 12.7. The Morgan fingerprint density at radius 1 is 0.600 bits per heavy atom. The summed E-state index contributed by atoms with van der Waals surface area (Å²) in [6.07, 6.45) is 0. The molecule has 0 aromatic rings. The molecule has 0 aromatic carbocycles. The average Bonchev–Trinajstić information content (AvgIpc) is 1.76. The van der Waals surface area contributed by atoms with Crippen molar-refractivity contribution in [1.29, 1.82) is 0 Å². The van der Waals surface area contributed by atoms with Gasteiger partial charge in [-0.2, -0.15) is 0 Å². The molecule has 0 nitrogen and oxygen atoms in total. The molecule has 1 unspecified atom stereocenters. The predicted octanol–water partition coefficient (Wildman–Crippen LogP) is 2.78. The van der Waals surface area contributed by atoms with E-state index in [-0.39, 0.29) is 0 Å². The molecule has 0 saturated carbocycles. The summed E-state index contributed by atoms with van der Waals surface area (Å²) in [6.45, 7) is 22.5. The summed E-state index contributed by atoms with van der Waals surface area (Å²) in [5, 5.41) is 1.89. The summed E-state index contributed by atoms with van der Waals surface area (Å²) in [5.41, 5.74) is 0. The Morgan fingerprint density at radius 2 is 0.867 bits per heavy atom. The predicted molar refractivity (Wildman–Crippen MR) is 83.4 cm³/mol. The van der Waals surface area contributed by atoms with Crippen molar-refractivity contribution in [1.82, 2.24) is 0 Å². The monoisotopic (exact) mass is 260 g/mol. The first-order valence-electron chi connectivity index (χ1n) is 6.28. The lowest BCUT2D eigenvalue weighted by molar-refractivity contribution is 0.651. The van der Waals surface area contributed by atoms with Crippen LogP contribution in [0.3, 0.4) is 0 Å². The highest BCUT2D eigenvalue weighted by molar-refractivity contribution is 7.43. The lowest BCUT2D eigenvalue weighted by Gasteiger charge is -2.47. The highest BCUT2D eigenvalue weighted by atomic mass is 29.6. The van der Waals surface area contributed by atoms with E-state index in [0.29, 0.717) is 15.1 Å². The SMILES string of the molecule is CC(C)(C)[SiH]([SiH3])[SiH](C(C)(C)C)C(C)(C)C. The van der Waals surface area contributed by atoms with E-state index in [1.807, 2.05) is 0 Å². The number of hydrogen-bond acceptors (Lipinski definition) is 0. The van der Waals surface area contributed by atoms with Crippen LogP contribution in [0.5, 0.6) is 0 Å². The fraction of sp³-hybridized carbons (Fsp3) is 1.00. The average molecular weight is 261 g/mol. The van der Waals surface area contributed by atoms with Crippen LogP contribution in [-0.2, 0) is 0 Å². The smallest absolute Gasteiger partial charge is 0.0368 e. The van der Waals surface area contributed by atoms with Crippen molar-refractivity contribution in [2.24, 2.45) is 0 Å². The van der Waals surface area contributed by atoms with Gasteiger partial charge in [0.2, 0.25) is 0 Å². The molecule has 1 atom stereocenters. The lowest BCUT2D eigenvalue weighted by atomic mass is 10.2. The summed E-state index contributed by atoms with van der Waals surface area (Å²) < 4.78 is 0. The third-order valence-corrected chi connectivity index (χ3v) is 34.4. The second-order valence-electron chi connectivity index (χ2n) is 8.36. The van der Waals surface area contributed by atoms with Crippen molar-refractivity contribution in [2.75, 3.05) is 0 Å². The molecule has 0 fully saturated rings. The molecule has 0 aliphatic rings. The van der Waals surface area contributed by atoms with E-state index in [1.54, 1.807) is 0 Å². The molecule has 0 radical (unpaired) electrons. The molecular formula is C12H32Si3. The Hall–Kier alpha value is 0.651. The van der Waals surface area contributed by atoms with Crippen molar-refractivity contribution in [3.8, 4) is 0 Å². The zero-order chi connectivity index (χ0) is 12.7. The maximum absolute atomic E-state index is 2.50. The minimum absolute atomic E-state index is 0.478. The number of hydrogen-bond donors (Lipinski definition) is 0. The van der Waals surface area contributed by atoms with Crippen molar-refractivity contribution < 1.29 is 0 Å². The Balaban J connectivity index is 5.16. The number of rotatable bonds is 1. The van der Waals surface area contributed by atoms with Gasteiger partial charge in [0.05, 0.1) is 0 Å². The van der Waals surface area contributed by atoms with Crippen molar-refractivity contribution >= 4 is 25.9 Å². The van der Waals surface area contributed by atoms with Crippen LogP contribution >= 0.6 is 0 Å². The van der Waals surface area contributed by atoms with Crippen LogP contribution in [0.15, 0.2) is 0 Å². The normalized spacial score (nSPS) is 17.2. The van der Waals surface area contributed by atoms with E-state index in [2.05, 4.69) is 62.3 Å². The molecular weight excluding hydrogens is 228 g/mol. The van der Waals surface area contributed by atoms with Gasteiger partial charge in [0.1, 0.15) is 0 Å². The van der Waals surface area contributed by atoms with E-state index < -0.39 is 16.1 Å². The van der Waals surface area contributed by atoms with E-state index in [9.17, 15) is 0 Å². The second-order valence-corrected chi connectivity index (χ2v) is 28.8. The molecule has 0 aliphatic heterocycles. The summed E-state index contributed by atoms with van der Waals surface area (Å²) in [7, 11) is 0.387. The third kappa shape index (κ3) is 4.57. The lowest BCUT2D eigenvalue weighted by Crippen LogP contribution is -2.53. The van der Waals surface area contributed by atoms with Crippen LogP contribution in [0.25, 0.3) is 0 Å². The van der Waals surface area contributed by atoms with Gasteiger partial charge >= 0.3 is 0 Å². The van der Waals surface area contributed by atoms with E-state index >= 15 is 0 Å². The first kappa shape index (κ1) is 15.7. The Morgan fingerprint density at radius 3 is 0.933 bits per heavy atom. The highest BCUT2D eigenvalue weighted by Crippen LogP contribution is 2.46. The minimum Gasteiger partial charge on any atom is -0.0634 e. The molecule has 15 heavy (non-hydrogen) atoms. The van der Waals surface area contributed by atoms with Crippen LogP contribution in [0.4, 0.5) is 0 Å². The molecule has 0 heterocycles. The van der Waals surface area contributed by atoms with E-state index in [4.69, 9.17) is 0 Å². The van der Waals surface area contributed by atoms with E-state index in [1.165, 1.54) is 9.76 Å². The van der Waals surface area contributed by atoms with Crippen LogP contribution < -0.4 is 0 Å². The molecule has 0 spiro atoms. The molecule has 0 saturated heterocycles. The first-order valence-corrected chi connectivity index (χ1v) is 15.3. The molecule has 0 bridgehead atoms. The van der Waals surface area contributed by atoms with Gasteiger partial charge in [0, 0.05) is 16.1 Å². The quantitative estimate of drug-likeness (QED) is 0.636. The van der Waals surface area contributed by atoms with E-state index in [0.717, 1.165) is 0 Å². The highest BCUT2D eigenvalue weighted by Gasteiger charge is 2.44. The molecule has 0 rings (SSSR count). The van der Waals surface area contributed by atoms with Gasteiger partial charge in [-0.15, -0.1) is 0 Å². The van der Waals surface area contributed by atoms with Gasteiger partial charge in [-0.05, 0) is 19.8 Å². The minimum atomic E-state index is -0.629. The van der Waals surface area contributed by atoms with Gasteiger partial charge in [-0.1, -0.05) is 67.4 Å². The molecule has 0 N–H and O–H groups in total. The van der Waals surface area contributed by atoms with Crippen molar-refractivity contribution in [3.05, 3.63) is 0 Å². The molecule has 3 heteroatoms. The zero-order valence-corrected chi connectivity index (χ0v) is 17.0. The van der Waals surface area contributed by atoms with Crippen molar-refractivity contribution in [3.63, 3.8) is 0 Å². The summed E-state index contributed by atoms with van der Waals surface area (Å²) in [4.78, 5) is 0. The maximum Gasteiger partial charge on any atom is 0.0368 e. The largest absolute Gasteiger partial charge is 0.0634 e. The first-order chi connectivity index (χ1) is 6.28. The summed E-state index contributed by atoms with van der Waals surface area (Å²) in [5.74, 6) is 0. The van der Waals surface area contributed by atoms with Crippen LogP contribution in [0.2, 0.25) is 15.1 Å². The third-order valence-electron chi connectivity index (χ3n) is 3.73. The van der Waals surface area contributed by atoms with Gasteiger partial charge in [-0.3, -0.25) is 0 Å². The fourth-order valence-electron chi connectivity index (χ4n) is 3.30. The van der Waals surface area contributed by atoms with Gasteiger partial charge in [-0.25, -0.2) is 0 Å². The van der Waals surface area contributed by atoms with Crippen LogP contribution in [0.1, 0.15) is 62.3 Å². The van der Waals surface area contributed by atoms with Crippen LogP contribution in [0, 0.1) is 0 Å². The molecule has 0 aromatic heterocycles. The van der Waals surface area contributed by atoms with Gasteiger partial charge < -0.3 is 0 Å². The standard InChI is InChI=1S/C12H32Si3/c1-10(2,3)14(11(4,5)6)15(13)12(7,8)9/h14-15H,1-9,13H3. The molecule has 0 amide bonds. The topological polar surface area (TPSA) is 0 Å². The Kier molecular flexibility index (Phi) is 4.69. The van der Waals surface area contributed by atoms with Gasteiger partial charge in [0.25, 0.3) is 0 Å². The summed E-state index contributed by atoms with van der Waals surface area (Å²) >= 11 is 0. The van der Waals surface area contributed by atoms with Crippen LogP contribution in [-0.4, -0.2) is 25.9 Å². The second kappa shape index (κ2) is 4.49. The Labute approximate surface area is 103 Å². The fourth-order valence-corrected chi connectivity index (χ4v) is 39.9. The molecule has 0 aliphatic carbocycles. The summed E-state index contributed by atoms with van der Waals surface area (Å²) in [6, 6.07) is 0. The van der Waals surface area contributed by atoms with Crippen molar-refractivity contribution in [2.45, 2.75) is 77.4 Å². The maximum atomic E-state index is 2.50.